The van der Waals surface area contributed by atoms with E-state index in [1.807, 2.05) is 0 Å². The molecular formula is C12H16N4O4. The number of carboxylic acids is 1. The van der Waals surface area contributed by atoms with Crippen molar-refractivity contribution in [1.82, 2.24) is 19.9 Å². The second kappa shape index (κ2) is 5.10. The molecule has 2 fully saturated rings. The summed E-state index contributed by atoms with van der Waals surface area (Å²) in [7, 11) is 0. The Hall–Kier alpha value is -2.12. The first-order valence-corrected chi connectivity index (χ1v) is 6.74. The van der Waals surface area contributed by atoms with E-state index in [9.17, 15) is 9.59 Å². The SMILES string of the molecule is O=C(O)c1cn(C2CCN(C(=O)OC3CCC3)C2)nn1. The van der Waals surface area contributed by atoms with Crippen LogP contribution in [0.5, 0.6) is 0 Å². The molecule has 8 heteroatoms. The highest BCUT2D eigenvalue weighted by Crippen LogP contribution is 2.25. The Morgan fingerprint density at radius 2 is 2.15 bits per heavy atom. The van der Waals surface area contributed by atoms with Crippen LogP contribution < -0.4 is 0 Å². The topological polar surface area (TPSA) is 97.5 Å². The van der Waals surface area contributed by atoms with Gasteiger partial charge in [-0.3, -0.25) is 0 Å². The average Bonchev–Trinajstić information content (AvgIpc) is 3.00. The maximum atomic E-state index is 11.9. The number of likely N-dealkylation sites (tertiary alicyclic amines) is 1. The summed E-state index contributed by atoms with van der Waals surface area (Å²) in [5, 5.41) is 16.2. The van der Waals surface area contributed by atoms with E-state index in [1.165, 1.54) is 10.9 Å². The van der Waals surface area contributed by atoms with Gasteiger partial charge in [-0.1, -0.05) is 5.21 Å². The molecule has 2 heterocycles. The summed E-state index contributed by atoms with van der Waals surface area (Å²) in [6, 6.07) is -0.0375. The Morgan fingerprint density at radius 1 is 1.35 bits per heavy atom. The van der Waals surface area contributed by atoms with Crippen LogP contribution in [-0.2, 0) is 4.74 Å². The van der Waals surface area contributed by atoms with Crippen molar-refractivity contribution in [2.75, 3.05) is 13.1 Å². The van der Waals surface area contributed by atoms with Crippen molar-refractivity contribution < 1.29 is 19.4 Å². The van der Waals surface area contributed by atoms with E-state index in [0.29, 0.717) is 13.1 Å². The summed E-state index contributed by atoms with van der Waals surface area (Å²) in [5.41, 5.74) is -0.0829. The molecule has 0 aromatic carbocycles. The number of hydrogen-bond donors (Lipinski definition) is 1. The summed E-state index contributed by atoms with van der Waals surface area (Å²) >= 11 is 0. The molecule has 0 bridgehead atoms. The van der Waals surface area contributed by atoms with Crippen LogP contribution in [-0.4, -0.2) is 56.3 Å². The third-order valence-electron chi connectivity index (χ3n) is 3.84. The third-order valence-corrected chi connectivity index (χ3v) is 3.84. The molecule has 1 unspecified atom stereocenters. The quantitative estimate of drug-likeness (QED) is 0.883. The molecule has 1 aliphatic carbocycles. The van der Waals surface area contributed by atoms with E-state index in [4.69, 9.17) is 9.84 Å². The summed E-state index contributed by atoms with van der Waals surface area (Å²) in [4.78, 5) is 24.3. The largest absolute Gasteiger partial charge is 0.476 e. The molecule has 8 nitrogen and oxygen atoms in total. The zero-order valence-electron chi connectivity index (χ0n) is 10.9. The number of aromatic carboxylic acids is 1. The minimum atomic E-state index is -1.10. The number of amides is 1. The van der Waals surface area contributed by atoms with E-state index in [2.05, 4.69) is 10.3 Å². The number of carboxylic acid groups (broad SMARTS) is 1. The van der Waals surface area contributed by atoms with Crippen molar-refractivity contribution in [3.8, 4) is 0 Å². The standard InChI is InChI=1S/C12H16N4O4/c17-11(18)10-7-16(14-13-10)8-4-5-15(6-8)12(19)20-9-2-1-3-9/h7-9H,1-6H2,(H,17,18). The maximum absolute atomic E-state index is 11.9. The maximum Gasteiger partial charge on any atom is 0.410 e. The highest BCUT2D eigenvalue weighted by molar-refractivity contribution is 5.84. The van der Waals surface area contributed by atoms with Crippen molar-refractivity contribution >= 4 is 12.1 Å². The first-order chi connectivity index (χ1) is 9.63. The van der Waals surface area contributed by atoms with Crippen molar-refractivity contribution in [1.29, 1.82) is 0 Å². The molecule has 1 amide bonds. The number of carbonyl (C=O) groups excluding carboxylic acids is 1. The van der Waals surface area contributed by atoms with Crippen molar-refractivity contribution in [2.24, 2.45) is 0 Å². The van der Waals surface area contributed by atoms with E-state index in [0.717, 1.165) is 25.7 Å². The number of hydrogen-bond acceptors (Lipinski definition) is 5. The molecule has 3 rings (SSSR count). The van der Waals surface area contributed by atoms with Gasteiger partial charge >= 0.3 is 12.1 Å². The molecule has 1 saturated heterocycles. The van der Waals surface area contributed by atoms with Crippen LogP contribution in [0.25, 0.3) is 0 Å². The van der Waals surface area contributed by atoms with Crippen molar-refractivity contribution in [3.63, 3.8) is 0 Å². The normalized spacial score (nSPS) is 22.6. The Kier molecular flexibility index (Phi) is 3.29. The molecule has 2 aliphatic rings. The number of carbonyl (C=O) groups is 2. The lowest BCUT2D eigenvalue weighted by molar-refractivity contribution is 0.0304. The number of rotatable bonds is 3. The predicted octanol–water partition coefficient (Wildman–Crippen LogP) is 0.912. The van der Waals surface area contributed by atoms with Gasteiger partial charge in [0.05, 0.1) is 12.2 Å². The summed E-state index contributed by atoms with van der Waals surface area (Å²) in [6.07, 6.45) is 4.94. The lowest BCUT2D eigenvalue weighted by Crippen LogP contribution is -2.35. The molecule has 1 N–H and O–H groups in total. The average molecular weight is 280 g/mol. The fraction of sp³-hybridized carbons (Fsp3) is 0.667. The van der Waals surface area contributed by atoms with Gasteiger partial charge in [0.25, 0.3) is 0 Å². The number of nitrogens with zero attached hydrogens (tertiary/aromatic N) is 4. The van der Waals surface area contributed by atoms with Crippen LogP contribution in [0, 0.1) is 0 Å². The van der Waals surface area contributed by atoms with Crippen LogP contribution in [0.15, 0.2) is 6.20 Å². The molecule has 1 saturated carbocycles. The first-order valence-electron chi connectivity index (χ1n) is 6.74. The van der Waals surface area contributed by atoms with Gasteiger partial charge in [-0.05, 0) is 25.7 Å². The Labute approximate surface area is 115 Å². The second-order valence-corrected chi connectivity index (χ2v) is 5.21. The van der Waals surface area contributed by atoms with Gasteiger partial charge in [0.15, 0.2) is 5.69 Å². The minimum Gasteiger partial charge on any atom is -0.476 e. The summed E-state index contributed by atoms with van der Waals surface area (Å²) in [5.74, 6) is -1.10. The van der Waals surface area contributed by atoms with Gasteiger partial charge in [0.1, 0.15) is 6.10 Å². The van der Waals surface area contributed by atoms with E-state index >= 15 is 0 Å². The van der Waals surface area contributed by atoms with Gasteiger partial charge in [0.2, 0.25) is 0 Å². The Morgan fingerprint density at radius 3 is 2.75 bits per heavy atom. The van der Waals surface area contributed by atoms with Gasteiger partial charge in [-0.2, -0.15) is 0 Å². The smallest absolute Gasteiger partial charge is 0.410 e. The monoisotopic (exact) mass is 280 g/mol. The molecule has 0 spiro atoms. The van der Waals surface area contributed by atoms with Gasteiger partial charge in [-0.15, -0.1) is 5.10 Å². The summed E-state index contributed by atoms with van der Waals surface area (Å²) < 4.78 is 6.86. The Bertz CT molecular complexity index is 525. The Balaban J connectivity index is 1.57. The lowest BCUT2D eigenvalue weighted by Gasteiger charge is -2.27. The molecule has 1 aliphatic heterocycles. The zero-order valence-corrected chi connectivity index (χ0v) is 10.9. The van der Waals surface area contributed by atoms with Crippen LogP contribution in [0.3, 0.4) is 0 Å². The highest BCUT2D eigenvalue weighted by Gasteiger charge is 2.32. The first kappa shape index (κ1) is 12.9. The zero-order chi connectivity index (χ0) is 14.1. The molecular weight excluding hydrogens is 264 g/mol. The van der Waals surface area contributed by atoms with Crippen molar-refractivity contribution in [3.05, 3.63) is 11.9 Å². The highest BCUT2D eigenvalue weighted by atomic mass is 16.6. The molecule has 108 valence electrons. The van der Waals surface area contributed by atoms with Crippen LogP contribution in [0.1, 0.15) is 42.2 Å². The van der Waals surface area contributed by atoms with Gasteiger partial charge in [-0.25, -0.2) is 14.3 Å². The third kappa shape index (κ3) is 2.45. The van der Waals surface area contributed by atoms with Gasteiger partial charge in [0, 0.05) is 13.1 Å². The predicted molar refractivity (Wildman–Crippen MR) is 66.3 cm³/mol. The van der Waals surface area contributed by atoms with E-state index < -0.39 is 5.97 Å². The van der Waals surface area contributed by atoms with Crippen LogP contribution in [0.2, 0.25) is 0 Å². The van der Waals surface area contributed by atoms with Crippen LogP contribution in [0.4, 0.5) is 4.79 Å². The van der Waals surface area contributed by atoms with E-state index in [1.54, 1.807) is 4.90 Å². The molecule has 1 aromatic heterocycles. The van der Waals surface area contributed by atoms with Gasteiger partial charge < -0.3 is 14.7 Å². The fourth-order valence-electron chi connectivity index (χ4n) is 2.38. The fourth-order valence-corrected chi connectivity index (χ4v) is 2.38. The minimum absolute atomic E-state index is 0.0375. The number of aromatic nitrogens is 3. The molecule has 1 atom stereocenters. The van der Waals surface area contributed by atoms with Crippen LogP contribution >= 0.6 is 0 Å². The number of ether oxygens (including phenoxy) is 1. The summed E-state index contributed by atoms with van der Waals surface area (Å²) in [6.45, 7) is 1.08. The lowest BCUT2D eigenvalue weighted by atomic mass is 9.96. The molecule has 20 heavy (non-hydrogen) atoms. The second-order valence-electron chi connectivity index (χ2n) is 5.21. The van der Waals surface area contributed by atoms with E-state index in [-0.39, 0.29) is 23.9 Å². The van der Waals surface area contributed by atoms with Crippen molar-refractivity contribution in [2.45, 2.75) is 37.8 Å². The molecule has 1 aromatic rings. The molecule has 0 radical (unpaired) electrons.